The summed E-state index contributed by atoms with van der Waals surface area (Å²) in [6.07, 6.45) is 2.61. The monoisotopic (exact) mass is 328 g/mol. The minimum Gasteiger partial charge on any atom is -0.507 e. The standard InChI is InChI=1S/C18H17ClN2O2/c1-11-3-2-4-14(17(11)22)18(23)20-8-7-12-10-21-16-6-5-13(19)9-15(12)16/h2-6,9-10,21-22H,7-8H2,1H3,(H,20,23). The summed E-state index contributed by atoms with van der Waals surface area (Å²) >= 11 is 6.03. The maximum absolute atomic E-state index is 12.2. The normalized spacial score (nSPS) is 10.9. The Morgan fingerprint density at radius 3 is 2.96 bits per heavy atom. The number of fused-ring (bicyclic) bond motifs is 1. The van der Waals surface area contributed by atoms with Crippen molar-refractivity contribution in [3.63, 3.8) is 0 Å². The quantitative estimate of drug-likeness (QED) is 0.682. The Bertz CT molecular complexity index is 871. The molecule has 0 radical (unpaired) electrons. The molecule has 0 aliphatic rings. The Morgan fingerprint density at radius 1 is 1.30 bits per heavy atom. The van der Waals surface area contributed by atoms with E-state index in [1.165, 1.54) is 0 Å². The third kappa shape index (κ3) is 3.17. The van der Waals surface area contributed by atoms with E-state index in [9.17, 15) is 9.90 Å². The van der Waals surface area contributed by atoms with Gasteiger partial charge in [0.05, 0.1) is 5.56 Å². The number of aryl methyl sites for hydroxylation is 1. The van der Waals surface area contributed by atoms with E-state index in [1.54, 1.807) is 25.1 Å². The highest BCUT2D eigenvalue weighted by Crippen LogP contribution is 2.23. The molecule has 3 rings (SSSR count). The number of amides is 1. The Hall–Kier alpha value is -2.46. The number of benzene rings is 2. The maximum atomic E-state index is 12.2. The zero-order chi connectivity index (χ0) is 16.4. The van der Waals surface area contributed by atoms with E-state index in [4.69, 9.17) is 11.6 Å². The zero-order valence-electron chi connectivity index (χ0n) is 12.7. The van der Waals surface area contributed by atoms with Gasteiger partial charge >= 0.3 is 0 Å². The molecule has 5 heteroatoms. The molecule has 0 spiro atoms. The van der Waals surface area contributed by atoms with Crippen molar-refractivity contribution in [1.29, 1.82) is 0 Å². The second-order valence-electron chi connectivity index (χ2n) is 5.48. The Kier molecular flexibility index (Phi) is 4.26. The topological polar surface area (TPSA) is 65.1 Å². The molecule has 3 N–H and O–H groups in total. The number of hydrogen-bond acceptors (Lipinski definition) is 2. The van der Waals surface area contributed by atoms with Gasteiger partial charge in [-0.05, 0) is 48.7 Å². The number of aromatic amines is 1. The number of rotatable bonds is 4. The van der Waals surface area contributed by atoms with E-state index >= 15 is 0 Å². The SMILES string of the molecule is Cc1cccc(C(=O)NCCc2c[nH]c3ccc(Cl)cc23)c1O. The molecule has 2 aromatic carbocycles. The van der Waals surface area contributed by atoms with Crippen LogP contribution in [0.5, 0.6) is 5.75 Å². The minimum atomic E-state index is -0.274. The summed E-state index contributed by atoms with van der Waals surface area (Å²) in [4.78, 5) is 15.4. The zero-order valence-corrected chi connectivity index (χ0v) is 13.4. The molecule has 0 saturated heterocycles. The summed E-state index contributed by atoms with van der Waals surface area (Å²) in [5.41, 5.74) is 3.10. The van der Waals surface area contributed by atoms with Gasteiger partial charge in [0.15, 0.2) is 0 Å². The number of phenols is 1. The molecule has 0 bridgehead atoms. The highest BCUT2D eigenvalue weighted by molar-refractivity contribution is 6.31. The van der Waals surface area contributed by atoms with Crippen LogP contribution in [0.2, 0.25) is 5.02 Å². The lowest BCUT2D eigenvalue weighted by atomic mass is 10.1. The summed E-state index contributed by atoms with van der Waals surface area (Å²) < 4.78 is 0. The third-order valence-electron chi connectivity index (χ3n) is 3.89. The number of aromatic hydroxyl groups is 1. The molecule has 0 fully saturated rings. The summed E-state index contributed by atoms with van der Waals surface area (Å²) in [6, 6.07) is 10.8. The van der Waals surface area contributed by atoms with Crippen LogP contribution in [0.1, 0.15) is 21.5 Å². The van der Waals surface area contributed by atoms with E-state index in [-0.39, 0.29) is 11.7 Å². The van der Waals surface area contributed by atoms with Crippen LogP contribution in [0, 0.1) is 6.92 Å². The number of hydrogen-bond donors (Lipinski definition) is 3. The van der Waals surface area contributed by atoms with Crippen molar-refractivity contribution >= 4 is 28.4 Å². The first-order valence-electron chi connectivity index (χ1n) is 7.38. The molecule has 0 aliphatic heterocycles. The molecule has 0 unspecified atom stereocenters. The second kappa shape index (κ2) is 6.34. The lowest BCUT2D eigenvalue weighted by molar-refractivity contribution is 0.0951. The molecule has 1 heterocycles. The van der Waals surface area contributed by atoms with Crippen molar-refractivity contribution in [2.75, 3.05) is 6.54 Å². The van der Waals surface area contributed by atoms with Gasteiger partial charge in [-0.25, -0.2) is 0 Å². The Balaban J connectivity index is 1.68. The first kappa shape index (κ1) is 15.4. The first-order chi connectivity index (χ1) is 11.1. The number of H-pyrrole nitrogens is 1. The van der Waals surface area contributed by atoms with Crippen molar-refractivity contribution < 1.29 is 9.90 Å². The fourth-order valence-electron chi connectivity index (χ4n) is 2.61. The van der Waals surface area contributed by atoms with Gasteiger partial charge in [0, 0.05) is 28.7 Å². The van der Waals surface area contributed by atoms with Crippen molar-refractivity contribution in [1.82, 2.24) is 10.3 Å². The van der Waals surface area contributed by atoms with Gasteiger partial charge in [-0.3, -0.25) is 4.79 Å². The smallest absolute Gasteiger partial charge is 0.255 e. The van der Waals surface area contributed by atoms with Crippen molar-refractivity contribution in [2.45, 2.75) is 13.3 Å². The number of carbonyl (C=O) groups excluding carboxylic acids is 1. The van der Waals surface area contributed by atoms with E-state index in [0.29, 0.717) is 29.1 Å². The summed E-state index contributed by atoms with van der Waals surface area (Å²) in [6.45, 7) is 2.24. The Labute approximate surface area is 139 Å². The molecule has 0 saturated carbocycles. The van der Waals surface area contributed by atoms with Gasteiger partial charge in [0.25, 0.3) is 5.91 Å². The maximum Gasteiger partial charge on any atom is 0.255 e. The van der Waals surface area contributed by atoms with E-state index in [0.717, 1.165) is 16.5 Å². The molecule has 23 heavy (non-hydrogen) atoms. The predicted molar refractivity (Wildman–Crippen MR) is 92.2 cm³/mol. The molecule has 0 aliphatic carbocycles. The van der Waals surface area contributed by atoms with Crippen molar-refractivity contribution in [3.05, 3.63) is 64.3 Å². The van der Waals surface area contributed by atoms with E-state index in [1.807, 2.05) is 24.4 Å². The molecule has 1 aromatic heterocycles. The van der Waals surface area contributed by atoms with E-state index < -0.39 is 0 Å². The molecule has 0 atom stereocenters. The number of aromatic nitrogens is 1. The van der Waals surface area contributed by atoms with E-state index in [2.05, 4.69) is 10.3 Å². The van der Waals surface area contributed by atoms with Gasteiger partial charge in [0.1, 0.15) is 5.75 Å². The van der Waals surface area contributed by atoms with Crippen LogP contribution in [0.15, 0.2) is 42.6 Å². The van der Waals surface area contributed by atoms with Gasteiger partial charge in [0.2, 0.25) is 0 Å². The summed E-state index contributed by atoms with van der Waals surface area (Å²) in [5, 5.41) is 14.5. The fourth-order valence-corrected chi connectivity index (χ4v) is 2.78. The van der Waals surface area contributed by atoms with Gasteiger partial charge in [-0.1, -0.05) is 23.7 Å². The van der Waals surface area contributed by atoms with Crippen LogP contribution in [0.25, 0.3) is 10.9 Å². The molecular formula is C18H17ClN2O2. The van der Waals surface area contributed by atoms with Crippen LogP contribution >= 0.6 is 11.6 Å². The average Bonchev–Trinajstić information content (AvgIpc) is 2.92. The first-order valence-corrected chi connectivity index (χ1v) is 7.76. The minimum absolute atomic E-state index is 0.0314. The summed E-state index contributed by atoms with van der Waals surface area (Å²) in [7, 11) is 0. The predicted octanol–water partition coefficient (Wildman–Crippen LogP) is 3.81. The third-order valence-corrected chi connectivity index (χ3v) is 4.13. The van der Waals surface area contributed by atoms with Crippen LogP contribution in [-0.2, 0) is 6.42 Å². The number of para-hydroxylation sites is 1. The second-order valence-corrected chi connectivity index (χ2v) is 5.92. The van der Waals surface area contributed by atoms with Crippen molar-refractivity contribution in [3.8, 4) is 5.75 Å². The number of halogens is 1. The van der Waals surface area contributed by atoms with Crippen molar-refractivity contribution in [2.24, 2.45) is 0 Å². The average molecular weight is 329 g/mol. The molecule has 118 valence electrons. The van der Waals surface area contributed by atoms with Crippen LogP contribution in [0.4, 0.5) is 0 Å². The lowest BCUT2D eigenvalue weighted by Crippen LogP contribution is -2.25. The van der Waals surface area contributed by atoms with Gasteiger partial charge in [-0.15, -0.1) is 0 Å². The number of nitrogens with one attached hydrogen (secondary N) is 2. The molecule has 1 amide bonds. The van der Waals surface area contributed by atoms with Gasteiger partial charge < -0.3 is 15.4 Å². The molecule has 3 aromatic rings. The molecular weight excluding hydrogens is 312 g/mol. The highest BCUT2D eigenvalue weighted by Gasteiger charge is 2.12. The Morgan fingerprint density at radius 2 is 2.13 bits per heavy atom. The van der Waals surface area contributed by atoms with Crippen LogP contribution < -0.4 is 5.32 Å². The largest absolute Gasteiger partial charge is 0.507 e. The number of carbonyl (C=O) groups is 1. The van der Waals surface area contributed by atoms with Crippen LogP contribution in [-0.4, -0.2) is 22.5 Å². The fraction of sp³-hybridized carbons (Fsp3) is 0.167. The van der Waals surface area contributed by atoms with Gasteiger partial charge in [-0.2, -0.15) is 0 Å². The lowest BCUT2D eigenvalue weighted by Gasteiger charge is -2.08. The highest BCUT2D eigenvalue weighted by atomic mass is 35.5. The number of phenolic OH excluding ortho intramolecular Hbond substituents is 1. The summed E-state index contributed by atoms with van der Waals surface area (Å²) in [5.74, 6) is -0.243. The molecule has 4 nitrogen and oxygen atoms in total. The van der Waals surface area contributed by atoms with Crippen LogP contribution in [0.3, 0.4) is 0 Å².